The quantitative estimate of drug-likeness (QED) is 0.235. The van der Waals surface area contributed by atoms with E-state index in [1.807, 2.05) is 0 Å². The van der Waals surface area contributed by atoms with E-state index in [-0.39, 0.29) is 0 Å². The van der Waals surface area contributed by atoms with Gasteiger partial charge in [0, 0.05) is 0 Å². The van der Waals surface area contributed by atoms with E-state index in [4.69, 9.17) is 10.2 Å². The number of rotatable bonds is 2. The Hall–Kier alpha value is -0.730. The molecule has 0 rings (SSSR count). The molecule has 0 fully saturated rings. The van der Waals surface area contributed by atoms with Gasteiger partial charge < -0.3 is 15.1 Å². The predicted molar refractivity (Wildman–Crippen MR) is 22.7 cm³/mol. The van der Waals surface area contributed by atoms with Gasteiger partial charge in [-0.15, -0.1) is 0 Å². The van der Waals surface area contributed by atoms with Crippen LogP contribution in [0.1, 0.15) is 0 Å². The van der Waals surface area contributed by atoms with Crippen molar-refractivity contribution >= 4 is 5.97 Å². The summed E-state index contributed by atoms with van der Waals surface area (Å²) in [5, 5.41) is 16.5. The molecule has 0 aromatic rings. The molecule has 0 aliphatic heterocycles. The second kappa shape index (κ2) is 2.71. The summed E-state index contributed by atoms with van der Waals surface area (Å²) in [6, 6.07) is 0. The van der Waals surface area contributed by atoms with Gasteiger partial charge in [-0.3, -0.25) is 0 Å². The fourth-order valence-electron chi connectivity index (χ4n) is 0.125. The maximum atomic E-state index is 10.0. The van der Waals surface area contributed by atoms with Gasteiger partial charge in [-0.2, -0.15) is 5.90 Å². The molecule has 54 valence electrons. The van der Waals surface area contributed by atoms with Crippen molar-refractivity contribution in [2.75, 3.05) is 0 Å². The van der Waals surface area contributed by atoms with E-state index in [1.165, 1.54) is 0 Å². The average molecular weight is 138 g/mol. The molecule has 0 spiro atoms. The lowest BCUT2D eigenvalue weighted by molar-refractivity contribution is -0.328. The summed E-state index contributed by atoms with van der Waals surface area (Å²) in [5.41, 5.74) is 0. The van der Waals surface area contributed by atoms with Crippen LogP contribution >= 0.6 is 0 Å². The summed E-state index contributed by atoms with van der Waals surface area (Å²) in [7, 11) is 0. The van der Waals surface area contributed by atoms with Gasteiger partial charge in [0.25, 0.3) is 0 Å². The molecule has 0 saturated carbocycles. The SMILES string of the molecule is NOC(=O)C(O)(O)ON. The van der Waals surface area contributed by atoms with Gasteiger partial charge in [-0.1, -0.05) is 0 Å². The summed E-state index contributed by atoms with van der Waals surface area (Å²) in [6.45, 7) is 0. The van der Waals surface area contributed by atoms with E-state index in [1.54, 1.807) is 0 Å². The molecule has 9 heavy (non-hydrogen) atoms. The molecular formula is C2H6N2O5. The number of aliphatic hydroxyl groups is 2. The number of carbonyl (C=O) groups excluding carboxylic acids is 1. The van der Waals surface area contributed by atoms with Crippen molar-refractivity contribution < 1.29 is 24.7 Å². The third-order valence-corrected chi connectivity index (χ3v) is 0.537. The molecule has 0 unspecified atom stereocenters. The molecule has 0 aliphatic carbocycles. The maximum Gasteiger partial charge on any atom is 0.417 e. The van der Waals surface area contributed by atoms with Crippen LogP contribution in [0.5, 0.6) is 0 Å². The van der Waals surface area contributed by atoms with Crippen LogP contribution in [0.25, 0.3) is 0 Å². The monoisotopic (exact) mass is 138 g/mol. The normalized spacial score (nSPS) is 11.1. The molecule has 0 heterocycles. The number of hydrogen-bond donors (Lipinski definition) is 4. The lowest BCUT2D eigenvalue weighted by atomic mass is 10.6. The van der Waals surface area contributed by atoms with Gasteiger partial charge in [0.2, 0.25) is 0 Å². The standard InChI is InChI=1S/C2H6N2O5/c3-8-1(5)2(6,7)9-4/h6-7H,3-4H2. The van der Waals surface area contributed by atoms with Crippen molar-refractivity contribution in [3.8, 4) is 0 Å². The van der Waals surface area contributed by atoms with Crippen molar-refractivity contribution in [3.63, 3.8) is 0 Å². The summed E-state index contributed by atoms with van der Waals surface area (Å²) in [6.07, 6.45) is 0. The molecule has 0 aromatic carbocycles. The Bertz CT molecular complexity index is 112. The average Bonchev–Trinajstić information content (AvgIpc) is 1.86. The van der Waals surface area contributed by atoms with Crippen LogP contribution < -0.4 is 11.8 Å². The van der Waals surface area contributed by atoms with Gasteiger partial charge in [0.15, 0.2) is 0 Å². The molecule has 0 radical (unpaired) electrons. The minimum absolute atomic E-state index is 1.59. The second-order valence-corrected chi connectivity index (χ2v) is 1.13. The third-order valence-electron chi connectivity index (χ3n) is 0.537. The van der Waals surface area contributed by atoms with Gasteiger partial charge >= 0.3 is 11.9 Å². The summed E-state index contributed by atoms with van der Waals surface area (Å²) in [5.74, 6) is 3.70. The molecule has 0 aromatic heterocycles. The highest BCUT2D eigenvalue weighted by Gasteiger charge is 2.36. The van der Waals surface area contributed by atoms with Crippen molar-refractivity contribution in [2.45, 2.75) is 5.97 Å². The molecule has 6 N–H and O–H groups in total. The minimum atomic E-state index is -3.16. The van der Waals surface area contributed by atoms with Crippen LogP contribution in [0.2, 0.25) is 0 Å². The van der Waals surface area contributed by atoms with E-state index < -0.39 is 11.9 Å². The highest BCUT2D eigenvalue weighted by Crippen LogP contribution is 1.97. The van der Waals surface area contributed by atoms with E-state index in [0.717, 1.165) is 0 Å². The summed E-state index contributed by atoms with van der Waals surface area (Å²) >= 11 is 0. The predicted octanol–water partition coefficient (Wildman–Crippen LogP) is -3.07. The van der Waals surface area contributed by atoms with Gasteiger partial charge in [-0.25, -0.2) is 15.5 Å². The first-order valence-corrected chi connectivity index (χ1v) is 1.78. The van der Waals surface area contributed by atoms with Crippen molar-refractivity contribution in [2.24, 2.45) is 11.8 Å². The first kappa shape index (κ1) is 8.27. The van der Waals surface area contributed by atoms with E-state index in [9.17, 15) is 4.79 Å². The summed E-state index contributed by atoms with van der Waals surface area (Å²) < 4.78 is 0. The molecule has 0 saturated heterocycles. The molecule has 0 atom stereocenters. The van der Waals surface area contributed by atoms with Crippen LogP contribution in [0.15, 0.2) is 0 Å². The molecular weight excluding hydrogens is 132 g/mol. The number of carbonyl (C=O) groups is 1. The zero-order chi connectivity index (χ0) is 7.49. The van der Waals surface area contributed by atoms with Gasteiger partial charge in [0.1, 0.15) is 0 Å². The molecule has 0 amide bonds. The third kappa shape index (κ3) is 1.91. The van der Waals surface area contributed by atoms with Gasteiger partial charge in [0.05, 0.1) is 0 Å². The maximum absolute atomic E-state index is 10.0. The first-order valence-electron chi connectivity index (χ1n) is 1.78. The number of hydrogen-bond acceptors (Lipinski definition) is 7. The largest absolute Gasteiger partial charge is 0.417 e. The van der Waals surface area contributed by atoms with Crippen molar-refractivity contribution in [3.05, 3.63) is 0 Å². The molecule has 7 heteroatoms. The first-order chi connectivity index (χ1) is 4.04. The Labute approximate surface area is 49.7 Å². The van der Waals surface area contributed by atoms with Crippen molar-refractivity contribution in [1.82, 2.24) is 0 Å². The van der Waals surface area contributed by atoms with E-state index in [2.05, 4.69) is 21.5 Å². The molecule has 0 aliphatic rings. The van der Waals surface area contributed by atoms with Crippen LogP contribution in [0, 0.1) is 0 Å². The Morgan fingerprint density at radius 3 is 2.00 bits per heavy atom. The molecule has 7 nitrogen and oxygen atoms in total. The second-order valence-electron chi connectivity index (χ2n) is 1.13. The number of nitrogens with two attached hydrogens (primary N) is 2. The fourth-order valence-corrected chi connectivity index (χ4v) is 0.125. The molecule has 0 bridgehead atoms. The van der Waals surface area contributed by atoms with Crippen LogP contribution in [-0.2, 0) is 14.5 Å². The topological polar surface area (TPSA) is 128 Å². The Kier molecular flexibility index (Phi) is 2.49. The highest BCUT2D eigenvalue weighted by molar-refractivity contribution is 5.74. The van der Waals surface area contributed by atoms with E-state index >= 15 is 0 Å². The van der Waals surface area contributed by atoms with E-state index in [0.29, 0.717) is 0 Å². The lowest BCUT2D eigenvalue weighted by Crippen LogP contribution is -2.45. The smallest absolute Gasteiger partial charge is 0.367 e. The van der Waals surface area contributed by atoms with Crippen LogP contribution in [0.3, 0.4) is 0 Å². The zero-order valence-corrected chi connectivity index (χ0v) is 4.27. The van der Waals surface area contributed by atoms with Crippen LogP contribution in [-0.4, -0.2) is 22.2 Å². The lowest BCUT2D eigenvalue weighted by Gasteiger charge is -2.12. The van der Waals surface area contributed by atoms with Crippen LogP contribution in [0.4, 0.5) is 0 Å². The van der Waals surface area contributed by atoms with Gasteiger partial charge in [-0.05, 0) is 0 Å². The zero-order valence-electron chi connectivity index (χ0n) is 4.27. The Morgan fingerprint density at radius 2 is 1.89 bits per heavy atom. The highest BCUT2D eigenvalue weighted by atomic mass is 16.9. The Balaban J connectivity index is 3.97. The summed E-state index contributed by atoms with van der Waals surface area (Å²) in [4.78, 5) is 16.7. The fraction of sp³-hybridized carbons (Fsp3) is 0.500. The van der Waals surface area contributed by atoms with Crippen molar-refractivity contribution in [1.29, 1.82) is 0 Å². The Morgan fingerprint density at radius 1 is 1.44 bits per heavy atom. The minimum Gasteiger partial charge on any atom is -0.367 e.